The molecule has 488 valence electrons. The molecule has 2 aliphatic heterocycles. The van der Waals surface area contributed by atoms with Crippen molar-refractivity contribution in [1.82, 2.24) is 24.9 Å². The maximum Gasteiger partial charge on any atom is 0.410 e. The van der Waals surface area contributed by atoms with E-state index in [1.807, 2.05) is 96.1 Å². The molecule has 0 unspecified atom stereocenters. The minimum Gasteiger partial charge on any atom is -0.478 e. The number of carbonyl (C=O) groups excluding carboxylic acids is 3. The summed E-state index contributed by atoms with van der Waals surface area (Å²) in [5.74, 6) is -0.986. The molecular weight excluding hydrogens is 4840 g/mol. The van der Waals surface area contributed by atoms with Crippen molar-refractivity contribution >= 4 is 175 Å². The summed E-state index contributed by atoms with van der Waals surface area (Å²) in [7, 11) is 22.2. The van der Waals surface area contributed by atoms with E-state index in [9.17, 15) is 19.2 Å². The molecule has 0 aliphatic carbocycles. The van der Waals surface area contributed by atoms with E-state index in [-0.39, 0.29) is 504 Å². The minimum absolute atomic E-state index is 0. The predicted molar refractivity (Wildman–Crippen MR) is 362 cm³/mol. The average molecular weight is 4910 g/mol. The van der Waals surface area contributed by atoms with Gasteiger partial charge in [0.1, 0.15) is 11.2 Å². The first kappa shape index (κ1) is 139. The Balaban J connectivity index is -0.0000000738. The third kappa shape index (κ3) is 71.8. The van der Waals surface area contributed by atoms with Crippen LogP contribution in [0.25, 0.3) is 0 Å². The van der Waals surface area contributed by atoms with Gasteiger partial charge in [-0.15, -0.1) is 0 Å². The fourth-order valence-corrected chi connectivity index (χ4v) is 37.6. The second kappa shape index (κ2) is 88.6. The molecule has 43 heteroatoms. The number of nitrogens with two attached hydrogens (primary N) is 1. The van der Waals surface area contributed by atoms with E-state index in [1.54, 1.807) is 160 Å². The Morgan fingerprint density at radius 2 is 0.750 bits per heavy atom. The number of ether oxygens (including phenoxy) is 2. The number of thiol groups is 2. The van der Waals surface area contributed by atoms with E-state index >= 15 is 0 Å². The van der Waals surface area contributed by atoms with Crippen LogP contribution in [0, 0.1) is 467 Å². The van der Waals surface area contributed by atoms with Gasteiger partial charge in [-0.1, -0.05) is 128 Å². The molecular formula is C49H70N6O7S15U15. The van der Waals surface area contributed by atoms with Gasteiger partial charge in [0.2, 0.25) is 0 Å². The number of nitrogens with one attached hydrogen (secondary N) is 1. The van der Waals surface area contributed by atoms with Gasteiger partial charge >= 0.3 is 18.2 Å². The molecule has 0 saturated carbocycles. The molecule has 0 aromatic heterocycles. The Morgan fingerprint density at radius 3 is 1.03 bits per heavy atom. The summed E-state index contributed by atoms with van der Waals surface area (Å²) in [5, 5.41) is 11.4. The number of carboxylic acid groups (broad SMARTS) is 1. The molecule has 2 aliphatic rings. The van der Waals surface area contributed by atoms with E-state index in [1.165, 1.54) is 30.8 Å². The number of amides is 3. The number of aromatic carboxylic acids is 1. The fraction of sp³-hybridized carbons (Fsp3) is 0.429. The van der Waals surface area contributed by atoms with E-state index < -0.39 is 17.2 Å². The van der Waals surface area contributed by atoms with Crippen LogP contribution in [0.4, 0.5) is 9.59 Å². The number of carboxylic acids is 1. The van der Waals surface area contributed by atoms with Crippen LogP contribution >= 0.6 is 151 Å². The van der Waals surface area contributed by atoms with Crippen molar-refractivity contribution in [3.05, 3.63) is 144 Å². The minimum atomic E-state index is -0.879. The third-order valence-electron chi connectivity index (χ3n) is 10.1. The van der Waals surface area contributed by atoms with Gasteiger partial charge in [-0.25, -0.2) is 14.4 Å². The van der Waals surface area contributed by atoms with Crippen LogP contribution in [-0.4, -0.2) is 124 Å². The number of piperazine rings is 2. The van der Waals surface area contributed by atoms with Crippen molar-refractivity contribution in [3.8, 4) is 0 Å². The Hall–Kier alpha value is 15.3. The van der Waals surface area contributed by atoms with Crippen LogP contribution in [0.15, 0.2) is 121 Å². The van der Waals surface area contributed by atoms with Crippen LogP contribution in [0.5, 0.6) is 0 Å². The van der Waals surface area contributed by atoms with Gasteiger partial charge in [-0.3, -0.25) is 14.6 Å². The second-order valence-electron chi connectivity index (χ2n) is 18.0. The number of rotatable bonds is 21. The maximum atomic E-state index is 12.6. The largest absolute Gasteiger partial charge is 0.478 e. The Bertz CT molecular complexity index is 2270. The molecule has 2 heterocycles. The quantitative estimate of drug-likeness (QED) is 0.0304. The van der Waals surface area contributed by atoms with E-state index in [4.69, 9.17) is 20.3 Å². The van der Waals surface area contributed by atoms with Gasteiger partial charge in [0.25, 0.3) is 5.91 Å². The summed E-state index contributed by atoms with van der Waals surface area (Å²) >= 11 is 8.04. The van der Waals surface area contributed by atoms with Crippen molar-refractivity contribution in [1.29, 1.82) is 0 Å². The van der Waals surface area contributed by atoms with Crippen LogP contribution in [-0.2, 0) is 22.6 Å². The molecule has 0 spiro atoms. The molecule has 4 aromatic rings. The molecule has 4 N–H and O–H groups in total. The van der Waals surface area contributed by atoms with Crippen LogP contribution in [0.3, 0.4) is 0 Å². The predicted octanol–water partition coefficient (Wildman–Crippen LogP) is 16.8. The maximum absolute atomic E-state index is 12.6. The van der Waals surface area contributed by atoms with Crippen LogP contribution in [0.1, 0.15) is 80.8 Å². The first-order valence-electron chi connectivity index (χ1n) is 23.2. The first-order chi connectivity index (χ1) is 36.4. The van der Waals surface area contributed by atoms with Gasteiger partial charge in [0, 0.05) is 550 Å². The zero-order valence-corrected chi connectivity index (χ0v) is 125. The number of nitrogens with zero attached hydrogens (tertiary/aromatic N) is 4. The molecule has 13 nitrogen and oxygen atoms in total. The normalized spacial score (nSPS) is 13.1. The number of carbonyl (C=O) groups is 4. The van der Waals surface area contributed by atoms with E-state index in [0.29, 0.717) is 50.4 Å². The standard InChI is InChI=1S/C24H31N3O3.C17H27N3O2.C7H6O2.CH4.H2S15.15U/c1-24(2,3)30-23(29)27-15-14-26(17-19-10-6-4-7-11-19)21(18-27)16-25-22(28)20-12-8-5-9-13-20;1-17(2,3)22-16(21)20-10-9-19(15(11-18)13-20)12-14-7-5-4-6-8-14;8-7(9)6-4-2-1-3-5-6;;1-3-5-7-9-11-13-15-14-12-10-8-6-4-2;;;;;;;;;;;;;;;/h4-13,21H,14-18H2,1-3H3,(H,25,28);4-8,15H,9-13,18H2,1-3H3;1-5H,(H,8,9);1H4;1-2H;;;;;;;;;;;;;;;/t21-;15-;;;;;;;;;;;;;;;;;;/m11................../s1. The summed E-state index contributed by atoms with van der Waals surface area (Å²) < 4.78 is 11.0. The van der Waals surface area contributed by atoms with Crippen molar-refractivity contribution < 1.29 is 500 Å². The Kier molecular flexibility index (Phi) is 134. The SMILES string of the molecule is C.CC(C)(C)OC(=O)N1CCN(Cc2ccccc2)[C@H](CN)C1.CC(C)(C)OC(=O)N1CCN(Cc2ccccc2)[C@H](CNC(=O)c2ccccc2)C1.O=C(O)c1ccccc1.SSSSSSSSSSSSSSS.[U].[U].[U].[U].[U].[U].[U].[U].[U].[U].[U].[U].[U].[U].[U]. The third-order valence-corrected chi connectivity index (χ3v) is 37.2. The summed E-state index contributed by atoms with van der Waals surface area (Å²) in [4.78, 5) is 55.7. The molecule has 2 fully saturated rings. The number of hydrogen-bond donors (Lipinski definition) is 5. The van der Waals surface area contributed by atoms with Gasteiger partial charge in [0.15, 0.2) is 0 Å². The van der Waals surface area contributed by atoms with Crippen molar-refractivity contribution in [2.75, 3.05) is 52.4 Å². The zero-order chi connectivity index (χ0) is 55.6. The van der Waals surface area contributed by atoms with E-state index in [2.05, 4.69) is 62.7 Å². The zero-order valence-electron chi connectivity index (χ0n) is 50.2. The van der Waals surface area contributed by atoms with Gasteiger partial charge in [-0.05, 0) is 205 Å². The summed E-state index contributed by atoms with van der Waals surface area (Å²) in [5.41, 5.74) is 8.37. The molecule has 6 rings (SSSR count). The van der Waals surface area contributed by atoms with Gasteiger partial charge in [-0.2, -0.15) is 0 Å². The summed E-state index contributed by atoms with van der Waals surface area (Å²) in [6.07, 6.45) is -0.549. The van der Waals surface area contributed by atoms with Crippen molar-refractivity contribution in [2.45, 2.75) is 85.3 Å². The molecule has 0 bridgehead atoms. The first-order valence-corrected chi connectivity index (χ1v) is 42.1. The van der Waals surface area contributed by atoms with Crippen molar-refractivity contribution in [3.63, 3.8) is 0 Å². The monoisotopic (exact) mass is 4900 g/mol. The summed E-state index contributed by atoms with van der Waals surface area (Å²) in [6, 6.07) is 38.2. The van der Waals surface area contributed by atoms with Gasteiger partial charge in [0.05, 0.1) is 5.56 Å². The second-order valence-corrected chi connectivity index (χ2v) is 41.3. The number of benzene rings is 4. The summed E-state index contributed by atoms with van der Waals surface area (Å²) in [6.45, 7) is 17.8. The molecule has 3 amide bonds. The van der Waals surface area contributed by atoms with E-state index in [0.717, 1.165) is 26.2 Å². The van der Waals surface area contributed by atoms with Crippen LogP contribution in [0.2, 0.25) is 0 Å². The van der Waals surface area contributed by atoms with Gasteiger partial charge < -0.3 is 35.4 Å². The van der Waals surface area contributed by atoms with Crippen molar-refractivity contribution in [2.24, 2.45) is 5.73 Å². The molecule has 92 heavy (non-hydrogen) atoms. The molecule has 0 radical (unpaired) electrons. The number of hydrogen-bond acceptors (Lipinski definition) is 24. The Morgan fingerprint density at radius 1 is 0.467 bits per heavy atom. The fourth-order valence-electron chi connectivity index (χ4n) is 6.85. The molecule has 2 atom stereocenters. The van der Waals surface area contributed by atoms with Crippen LogP contribution < -0.4 is 11.1 Å². The average Bonchev–Trinajstić information content (AvgIpc) is 3.40. The topological polar surface area (TPSA) is 158 Å². The molecule has 4 aromatic carbocycles. The molecule has 2 saturated heterocycles. The Labute approximate surface area is 963 Å². The smallest absolute Gasteiger partial charge is 0.410 e.